The van der Waals surface area contributed by atoms with Crippen molar-refractivity contribution in [2.75, 3.05) is 18.4 Å². The molecule has 2 heterocycles. The number of fused-ring (bicyclic) bond motifs is 1. The van der Waals surface area contributed by atoms with Crippen molar-refractivity contribution in [2.45, 2.75) is 39.0 Å². The maximum absolute atomic E-state index is 10.7. The number of hydrogen-bond donors (Lipinski definition) is 2. The average molecular weight is 247 g/mol. The van der Waals surface area contributed by atoms with E-state index in [9.17, 15) is 4.79 Å². The fraction of sp³-hybridized carbons (Fsp3) is 0.571. The third kappa shape index (κ3) is 3.72. The number of hydrogen-bond acceptors (Lipinski definition) is 3. The molecular formula is C14H21N3O. The quantitative estimate of drug-likeness (QED) is 0.781. The molecule has 4 heteroatoms. The second-order valence-electron chi connectivity index (χ2n) is 4.78. The van der Waals surface area contributed by atoms with Crippen LogP contribution < -0.4 is 10.6 Å². The first-order valence-electron chi connectivity index (χ1n) is 6.73. The summed E-state index contributed by atoms with van der Waals surface area (Å²) in [5, 5.41) is 6.16. The van der Waals surface area contributed by atoms with Gasteiger partial charge in [-0.1, -0.05) is 6.07 Å². The number of rotatable bonds is 5. The first-order chi connectivity index (χ1) is 8.75. The predicted octanol–water partition coefficient (Wildman–Crippen LogP) is 1.90. The molecule has 0 saturated heterocycles. The highest BCUT2D eigenvalue weighted by Crippen LogP contribution is 2.20. The molecule has 1 aliphatic heterocycles. The lowest BCUT2D eigenvalue weighted by molar-refractivity contribution is -0.118. The van der Waals surface area contributed by atoms with Crippen LogP contribution in [0.5, 0.6) is 0 Å². The van der Waals surface area contributed by atoms with Crippen LogP contribution in [0.2, 0.25) is 0 Å². The number of carbonyl (C=O) groups is 1. The van der Waals surface area contributed by atoms with Crippen molar-refractivity contribution in [3.05, 3.63) is 23.4 Å². The highest BCUT2D eigenvalue weighted by Gasteiger charge is 2.09. The van der Waals surface area contributed by atoms with Gasteiger partial charge in [-0.2, -0.15) is 0 Å². The number of anilines is 1. The molecule has 0 saturated carbocycles. The Morgan fingerprint density at radius 2 is 2.33 bits per heavy atom. The summed E-state index contributed by atoms with van der Waals surface area (Å²) in [5.74, 6) is 1.12. The second-order valence-corrected chi connectivity index (χ2v) is 4.78. The maximum atomic E-state index is 10.7. The van der Waals surface area contributed by atoms with Crippen molar-refractivity contribution in [3.8, 4) is 0 Å². The van der Waals surface area contributed by atoms with E-state index in [1.165, 1.54) is 12.0 Å². The number of aromatic nitrogens is 1. The van der Waals surface area contributed by atoms with Crippen LogP contribution in [0.25, 0.3) is 0 Å². The van der Waals surface area contributed by atoms with Crippen molar-refractivity contribution >= 4 is 11.7 Å². The molecule has 98 valence electrons. The first-order valence-corrected chi connectivity index (χ1v) is 6.73. The Labute approximate surface area is 108 Å². The van der Waals surface area contributed by atoms with Gasteiger partial charge in [0.15, 0.2) is 0 Å². The Hall–Kier alpha value is -1.58. The van der Waals surface area contributed by atoms with E-state index in [1.807, 2.05) is 0 Å². The summed E-state index contributed by atoms with van der Waals surface area (Å²) >= 11 is 0. The third-order valence-corrected chi connectivity index (χ3v) is 3.19. The van der Waals surface area contributed by atoms with Crippen LogP contribution in [-0.4, -0.2) is 24.0 Å². The van der Waals surface area contributed by atoms with Crippen molar-refractivity contribution in [1.29, 1.82) is 0 Å². The summed E-state index contributed by atoms with van der Waals surface area (Å²) in [5.41, 5.74) is 2.48. The lowest BCUT2D eigenvalue weighted by Crippen LogP contribution is -2.20. The molecule has 0 fully saturated rings. The first kappa shape index (κ1) is 12.9. The topological polar surface area (TPSA) is 54.0 Å². The van der Waals surface area contributed by atoms with Crippen LogP contribution in [0.3, 0.4) is 0 Å². The Balaban J connectivity index is 1.77. The number of unbranched alkanes of at least 4 members (excludes halogenated alkanes) is 1. The molecule has 0 atom stereocenters. The lowest BCUT2D eigenvalue weighted by atomic mass is 10.1. The Kier molecular flexibility index (Phi) is 4.56. The van der Waals surface area contributed by atoms with Crippen LogP contribution >= 0.6 is 0 Å². The van der Waals surface area contributed by atoms with Crippen LogP contribution in [0.15, 0.2) is 12.1 Å². The van der Waals surface area contributed by atoms with E-state index in [2.05, 4.69) is 27.8 Å². The van der Waals surface area contributed by atoms with Crippen LogP contribution in [0, 0.1) is 0 Å². The fourth-order valence-corrected chi connectivity index (χ4v) is 2.20. The molecule has 2 rings (SSSR count). The molecule has 4 nitrogen and oxygen atoms in total. The summed E-state index contributed by atoms with van der Waals surface area (Å²) in [4.78, 5) is 15.4. The fourth-order valence-electron chi connectivity index (χ4n) is 2.20. The second kappa shape index (κ2) is 6.38. The van der Waals surface area contributed by atoms with Crippen molar-refractivity contribution in [1.82, 2.24) is 10.3 Å². The molecular weight excluding hydrogens is 226 g/mol. The molecule has 1 amide bonds. The van der Waals surface area contributed by atoms with E-state index in [0.29, 0.717) is 0 Å². The minimum atomic E-state index is 0.0473. The van der Waals surface area contributed by atoms with Gasteiger partial charge in [0.05, 0.1) is 0 Å². The number of pyridine rings is 1. The summed E-state index contributed by atoms with van der Waals surface area (Å²) in [6, 6.07) is 4.32. The highest BCUT2D eigenvalue weighted by molar-refractivity contribution is 5.72. The zero-order valence-corrected chi connectivity index (χ0v) is 11.0. The molecule has 1 aliphatic rings. The van der Waals surface area contributed by atoms with E-state index in [0.717, 1.165) is 50.3 Å². The molecule has 0 aromatic carbocycles. The maximum Gasteiger partial charge on any atom is 0.216 e. The van der Waals surface area contributed by atoms with Gasteiger partial charge in [-0.25, -0.2) is 4.98 Å². The molecule has 0 aliphatic carbocycles. The van der Waals surface area contributed by atoms with E-state index >= 15 is 0 Å². The average Bonchev–Trinajstić information content (AvgIpc) is 2.38. The Bertz CT molecular complexity index is 418. The molecule has 1 aromatic heterocycles. The van der Waals surface area contributed by atoms with Gasteiger partial charge in [0, 0.05) is 25.7 Å². The van der Waals surface area contributed by atoms with Gasteiger partial charge in [-0.05, 0) is 43.7 Å². The number of amides is 1. The van der Waals surface area contributed by atoms with E-state index in [-0.39, 0.29) is 5.91 Å². The standard InChI is InChI=1S/C14H21N3O/c1-11(18)15-9-3-2-6-13-8-7-12-5-4-10-16-14(12)17-13/h7-8H,2-6,9-10H2,1H3,(H,15,18)(H,16,17). The molecule has 0 radical (unpaired) electrons. The van der Waals surface area contributed by atoms with Crippen molar-refractivity contribution in [2.24, 2.45) is 0 Å². The smallest absolute Gasteiger partial charge is 0.216 e. The molecule has 0 bridgehead atoms. The van der Waals surface area contributed by atoms with E-state index in [1.54, 1.807) is 6.92 Å². The van der Waals surface area contributed by atoms with Crippen molar-refractivity contribution in [3.63, 3.8) is 0 Å². The zero-order valence-electron chi connectivity index (χ0n) is 11.0. The lowest BCUT2D eigenvalue weighted by Gasteiger charge is -2.17. The van der Waals surface area contributed by atoms with Crippen LogP contribution in [0.4, 0.5) is 5.82 Å². The van der Waals surface area contributed by atoms with Gasteiger partial charge >= 0.3 is 0 Å². The normalized spacial score (nSPS) is 13.6. The zero-order chi connectivity index (χ0) is 12.8. The van der Waals surface area contributed by atoms with E-state index in [4.69, 9.17) is 0 Å². The largest absolute Gasteiger partial charge is 0.370 e. The van der Waals surface area contributed by atoms with Gasteiger partial charge in [0.25, 0.3) is 0 Å². The van der Waals surface area contributed by atoms with Crippen LogP contribution in [0.1, 0.15) is 37.4 Å². The monoisotopic (exact) mass is 247 g/mol. The molecule has 1 aromatic rings. The SMILES string of the molecule is CC(=O)NCCCCc1ccc2c(n1)NCCC2. The Morgan fingerprint density at radius 1 is 1.44 bits per heavy atom. The van der Waals surface area contributed by atoms with Gasteiger partial charge in [-0.3, -0.25) is 4.79 Å². The number of nitrogens with one attached hydrogen (secondary N) is 2. The highest BCUT2D eigenvalue weighted by atomic mass is 16.1. The molecule has 0 spiro atoms. The van der Waals surface area contributed by atoms with Gasteiger partial charge in [0.2, 0.25) is 5.91 Å². The van der Waals surface area contributed by atoms with E-state index < -0.39 is 0 Å². The van der Waals surface area contributed by atoms with Gasteiger partial charge in [-0.15, -0.1) is 0 Å². The summed E-state index contributed by atoms with van der Waals surface area (Å²) in [6.45, 7) is 3.35. The Morgan fingerprint density at radius 3 is 3.17 bits per heavy atom. The summed E-state index contributed by atoms with van der Waals surface area (Å²) < 4.78 is 0. The molecule has 0 unspecified atom stereocenters. The minimum absolute atomic E-state index is 0.0473. The molecule has 18 heavy (non-hydrogen) atoms. The van der Waals surface area contributed by atoms with Crippen LogP contribution in [-0.2, 0) is 17.6 Å². The van der Waals surface area contributed by atoms with Crippen molar-refractivity contribution < 1.29 is 4.79 Å². The number of nitrogens with zero attached hydrogens (tertiary/aromatic N) is 1. The predicted molar refractivity (Wildman–Crippen MR) is 72.7 cm³/mol. The minimum Gasteiger partial charge on any atom is -0.370 e. The van der Waals surface area contributed by atoms with Gasteiger partial charge in [0.1, 0.15) is 5.82 Å². The summed E-state index contributed by atoms with van der Waals surface area (Å²) in [7, 11) is 0. The summed E-state index contributed by atoms with van der Waals surface area (Å²) in [6.07, 6.45) is 5.38. The number of carbonyl (C=O) groups excluding carboxylic acids is 1. The van der Waals surface area contributed by atoms with Gasteiger partial charge < -0.3 is 10.6 Å². The molecule has 2 N–H and O–H groups in total. The third-order valence-electron chi connectivity index (χ3n) is 3.19. The number of aryl methyl sites for hydroxylation is 2.